The Morgan fingerprint density at radius 1 is 1.00 bits per heavy atom. The number of aromatic nitrogens is 2. The molecule has 25 heavy (non-hydrogen) atoms. The maximum absolute atomic E-state index is 5.87. The van der Waals surface area contributed by atoms with E-state index in [0.29, 0.717) is 36.5 Å². The molecule has 7 heteroatoms. The van der Waals surface area contributed by atoms with Gasteiger partial charge < -0.3 is 19.2 Å². The quantitative estimate of drug-likeness (QED) is 0.620. The Kier molecular flexibility index (Phi) is 5.87. The average molecular weight is 360 g/mol. The molecular weight excluding hydrogens is 342 g/mol. The van der Waals surface area contributed by atoms with E-state index in [4.69, 9.17) is 25.5 Å². The van der Waals surface area contributed by atoms with E-state index in [2.05, 4.69) is 15.5 Å². The van der Waals surface area contributed by atoms with Crippen LogP contribution in [0.25, 0.3) is 11.5 Å². The molecule has 0 radical (unpaired) electrons. The summed E-state index contributed by atoms with van der Waals surface area (Å²) in [6, 6.07) is 14.7. The number of rotatable bonds is 8. The first-order chi connectivity index (χ1) is 12.2. The first kappa shape index (κ1) is 17.3. The molecule has 0 unspecified atom stereocenters. The molecule has 0 saturated heterocycles. The van der Waals surface area contributed by atoms with Crippen molar-refractivity contribution in [1.29, 1.82) is 0 Å². The normalized spacial score (nSPS) is 10.6. The largest absolute Gasteiger partial charge is 0.497 e. The lowest BCUT2D eigenvalue weighted by Gasteiger charge is -2.07. The van der Waals surface area contributed by atoms with Crippen LogP contribution in [0.3, 0.4) is 0 Å². The smallest absolute Gasteiger partial charge is 0.247 e. The lowest BCUT2D eigenvalue weighted by atomic mass is 10.2. The fourth-order valence-electron chi connectivity index (χ4n) is 2.14. The highest BCUT2D eigenvalue weighted by Crippen LogP contribution is 2.20. The van der Waals surface area contributed by atoms with Gasteiger partial charge in [0.15, 0.2) is 0 Å². The summed E-state index contributed by atoms with van der Waals surface area (Å²) in [4.78, 5) is 0. The van der Waals surface area contributed by atoms with E-state index < -0.39 is 0 Å². The highest BCUT2D eigenvalue weighted by atomic mass is 35.5. The first-order valence-corrected chi connectivity index (χ1v) is 8.18. The van der Waals surface area contributed by atoms with Crippen LogP contribution in [0, 0.1) is 0 Å². The number of ether oxygens (including phenoxy) is 2. The van der Waals surface area contributed by atoms with Crippen molar-refractivity contribution in [3.05, 3.63) is 59.4 Å². The number of benzene rings is 2. The summed E-state index contributed by atoms with van der Waals surface area (Å²) in [5.74, 6) is 2.60. The molecule has 0 bridgehead atoms. The van der Waals surface area contributed by atoms with E-state index >= 15 is 0 Å². The van der Waals surface area contributed by atoms with E-state index in [0.717, 1.165) is 17.1 Å². The van der Waals surface area contributed by atoms with Crippen molar-refractivity contribution in [3.8, 4) is 23.0 Å². The minimum Gasteiger partial charge on any atom is -0.497 e. The van der Waals surface area contributed by atoms with E-state index in [1.165, 1.54) is 0 Å². The predicted octanol–water partition coefficient (Wildman–Crippen LogP) is 3.57. The fourth-order valence-corrected chi connectivity index (χ4v) is 2.27. The third-order valence-corrected chi connectivity index (χ3v) is 3.69. The highest BCUT2D eigenvalue weighted by Gasteiger charge is 2.08. The first-order valence-electron chi connectivity index (χ1n) is 7.80. The van der Waals surface area contributed by atoms with Gasteiger partial charge in [-0.1, -0.05) is 11.6 Å². The Labute approximate surface area is 150 Å². The summed E-state index contributed by atoms with van der Waals surface area (Å²) >= 11 is 5.87. The second-order valence-electron chi connectivity index (χ2n) is 5.21. The maximum atomic E-state index is 5.87. The third-order valence-electron chi connectivity index (χ3n) is 3.44. The molecule has 2 aromatic carbocycles. The van der Waals surface area contributed by atoms with Crippen molar-refractivity contribution >= 4 is 11.6 Å². The molecule has 6 nitrogen and oxygen atoms in total. The zero-order valence-electron chi connectivity index (χ0n) is 13.7. The van der Waals surface area contributed by atoms with Crippen LogP contribution in [-0.2, 0) is 6.54 Å². The zero-order chi connectivity index (χ0) is 17.5. The predicted molar refractivity (Wildman–Crippen MR) is 94.9 cm³/mol. The number of methoxy groups -OCH3 is 1. The van der Waals surface area contributed by atoms with Crippen molar-refractivity contribution < 1.29 is 13.9 Å². The van der Waals surface area contributed by atoms with Crippen LogP contribution < -0.4 is 14.8 Å². The Morgan fingerprint density at radius 2 is 1.72 bits per heavy atom. The summed E-state index contributed by atoms with van der Waals surface area (Å²) in [5.41, 5.74) is 0.839. The molecular formula is C18H18ClN3O3. The number of hydrogen-bond acceptors (Lipinski definition) is 6. The molecule has 0 amide bonds. The molecule has 0 aliphatic carbocycles. The summed E-state index contributed by atoms with van der Waals surface area (Å²) in [7, 11) is 1.63. The summed E-state index contributed by atoms with van der Waals surface area (Å²) in [5, 5.41) is 11.9. The van der Waals surface area contributed by atoms with E-state index in [9.17, 15) is 0 Å². The molecule has 3 rings (SSSR count). The molecule has 1 aromatic heterocycles. The number of nitrogens with zero attached hydrogens (tertiary/aromatic N) is 2. The lowest BCUT2D eigenvalue weighted by Crippen LogP contribution is -2.20. The van der Waals surface area contributed by atoms with Crippen LogP contribution in [-0.4, -0.2) is 30.5 Å². The third kappa shape index (κ3) is 4.95. The van der Waals surface area contributed by atoms with Crippen LogP contribution in [0.2, 0.25) is 5.02 Å². The van der Waals surface area contributed by atoms with Crippen LogP contribution >= 0.6 is 11.6 Å². The van der Waals surface area contributed by atoms with Gasteiger partial charge in [-0.05, 0) is 48.5 Å². The Hall–Kier alpha value is -2.57. The van der Waals surface area contributed by atoms with Crippen LogP contribution in [0.1, 0.15) is 5.89 Å². The van der Waals surface area contributed by atoms with Crippen LogP contribution in [0.5, 0.6) is 11.5 Å². The standard InChI is InChI=1S/C18H18ClN3O3/c1-23-15-6-8-16(9-7-15)24-11-10-20-12-17-21-22-18(25-17)13-2-4-14(19)5-3-13/h2-9,20H,10-12H2,1H3. The summed E-state index contributed by atoms with van der Waals surface area (Å²) in [6.07, 6.45) is 0. The maximum Gasteiger partial charge on any atom is 0.247 e. The lowest BCUT2D eigenvalue weighted by molar-refractivity contribution is 0.309. The number of halogens is 1. The minimum absolute atomic E-state index is 0.475. The van der Waals surface area contributed by atoms with Gasteiger partial charge in [-0.2, -0.15) is 0 Å². The van der Waals surface area contributed by atoms with Gasteiger partial charge in [-0.3, -0.25) is 0 Å². The van der Waals surface area contributed by atoms with Crippen LogP contribution in [0.15, 0.2) is 52.9 Å². The van der Waals surface area contributed by atoms with Gasteiger partial charge in [0, 0.05) is 17.1 Å². The second-order valence-corrected chi connectivity index (χ2v) is 5.65. The van der Waals surface area contributed by atoms with Crippen LogP contribution in [0.4, 0.5) is 0 Å². The topological polar surface area (TPSA) is 69.4 Å². The molecule has 0 saturated carbocycles. The monoisotopic (exact) mass is 359 g/mol. The van der Waals surface area contributed by atoms with E-state index in [1.807, 2.05) is 36.4 Å². The van der Waals surface area contributed by atoms with Gasteiger partial charge in [-0.15, -0.1) is 10.2 Å². The van der Waals surface area contributed by atoms with Gasteiger partial charge >= 0.3 is 0 Å². The molecule has 0 fully saturated rings. The fraction of sp³-hybridized carbons (Fsp3) is 0.222. The van der Waals surface area contributed by atoms with Crippen molar-refractivity contribution in [2.24, 2.45) is 0 Å². The van der Waals surface area contributed by atoms with E-state index in [-0.39, 0.29) is 0 Å². The van der Waals surface area contributed by atoms with Crippen molar-refractivity contribution in [3.63, 3.8) is 0 Å². The van der Waals surface area contributed by atoms with Gasteiger partial charge in [0.1, 0.15) is 18.1 Å². The van der Waals surface area contributed by atoms with Gasteiger partial charge in [0.25, 0.3) is 0 Å². The summed E-state index contributed by atoms with van der Waals surface area (Å²) in [6.45, 7) is 1.67. The Balaban J connectivity index is 1.41. The molecule has 1 heterocycles. The molecule has 130 valence electrons. The average Bonchev–Trinajstić information content (AvgIpc) is 3.11. The second kappa shape index (κ2) is 8.50. The molecule has 0 aliphatic heterocycles. The van der Waals surface area contributed by atoms with Crippen molar-refractivity contribution in [1.82, 2.24) is 15.5 Å². The molecule has 0 spiro atoms. The number of nitrogens with one attached hydrogen (secondary N) is 1. The van der Waals surface area contributed by atoms with Crippen molar-refractivity contribution in [2.75, 3.05) is 20.3 Å². The van der Waals surface area contributed by atoms with E-state index in [1.54, 1.807) is 19.2 Å². The molecule has 0 aliphatic rings. The molecule has 3 aromatic rings. The summed E-state index contributed by atoms with van der Waals surface area (Å²) < 4.78 is 16.4. The highest BCUT2D eigenvalue weighted by molar-refractivity contribution is 6.30. The zero-order valence-corrected chi connectivity index (χ0v) is 14.5. The Bertz CT molecular complexity index is 788. The Morgan fingerprint density at radius 3 is 2.44 bits per heavy atom. The molecule has 1 N–H and O–H groups in total. The minimum atomic E-state index is 0.475. The molecule has 0 atom stereocenters. The van der Waals surface area contributed by atoms with Crippen molar-refractivity contribution in [2.45, 2.75) is 6.54 Å². The van der Waals surface area contributed by atoms with Gasteiger partial charge in [0.05, 0.1) is 13.7 Å². The van der Waals surface area contributed by atoms with Gasteiger partial charge in [0.2, 0.25) is 11.8 Å². The van der Waals surface area contributed by atoms with Gasteiger partial charge in [-0.25, -0.2) is 0 Å². The SMILES string of the molecule is COc1ccc(OCCNCc2nnc(-c3ccc(Cl)cc3)o2)cc1. The number of hydrogen-bond donors (Lipinski definition) is 1.